The van der Waals surface area contributed by atoms with E-state index in [-0.39, 0.29) is 24.6 Å². The molecule has 1 aromatic heterocycles. The molecule has 0 aromatic carbocycles. The fraction of sp³-hybridized carbons (Fsp3) is 0.458. The summed E-state index contributed by atoms with van der Waals surface area (Å²) in [7, 11) is 0. The van der Waals surface area contributed by atoms with Gasteiger partial charge in [0.2, 0.25) is 0 Å². The van der Waals surface area contributed by atoms with Crippen molar-refractivity contribution in [2.45, 2.75) is 57.3 Å². The quantitative estimate of drug-likeness (QED) is 0.373. The zero-order valence-corrected chi connectivity index (χ0v) is 18.7. The van der Waals surface area contributed by atoms with Gasteiger partial charge in [-0.1, -0.05) is 48.9 Å². The summed E-state index contributed by atoms with van der Waals surface area (Å²) in [5.41, 5.74) is 7.13. The molecular weight excluding hydrogens is 404 g/mol. The molecule has 8 nitrogen and oxygen atoms in total. The molecule has 0 saturated carbocycles. The van der Waals surface area contributed by atoms with Crippen LogP contribution in [-0.4, -0.2) is 55.7 Å². The first-order valence-electron chi connectivity index (χ1n) is 11.2. The molecule has 1 aromatic rings. The maximum Gasteiger partial charge on any atom is 0.129 e. The molecule has 4 unspecified atom stereocenters. The number of hydrogen-bond donors (Lipinski definition) is 4. The molecule has 3 rings (SSSR count). The van der Waals surface area contributed by atoms with Gasteiger partial charge in [-0.3, -0.25) is 0 Å². The van der Waals surface area contributed by atoms with Crippen molar-refractivity contribution < 1.29 is 10.2 Å². The number of nitrogens with one attached hydrogen (secondary N) is 2. The molecule has 0 fully saturated rings. The maximum absolute atomic E-state index is 9.70. The first-order valence-corrected chi connectivity index (χ1v) is 11.2. The Morgan fingerprint density at radius 1 is 1.34 bits per heavy atom. The lowest BCUT2D eigenvalue weighted by Gasteiger charge is -2.28. The van der Waals surface area contributed by atoms with Gasteiger partial charge < -0.3 is 21.0 Å². The first-order chi connectivity index (χ1) is 15.6. The Hall–Kier alpha value is -2.97. The summed E-state index contributed by atoms with van der Waals surface area (Å²) in [5, 5.41) is 35.3. The second-order valence-corrected chi connectivity index (χ2v) is 8.01. The Kier molecular flexibility index (Phi) is 8.58. The second-order valence-electron chi connectivity index (χ2n) is 8.01. The number of aliphatic hydroxyl groups is 2. The third kappa shape index (κ3) is 5.63. The van der Waals surface area contributed by atoms with Crippen LogP contribution in [-0.2, 0) is 6.54 Å². The molecular formula is C24H34N6O2. The monoisotopic (exact) mass is 438 g/mol. The number of dihydropyridines is 1. The van der Waals surface area contributed by atoms with Crippen molar-refractivity contribution in [2.75, 3.05) is 6.61 Å². The van der Waals surface area contributed by atoms with Crippen molar-refractivity contribution in [3.05, 3.63) is 72.8 Å². The van der Waals surface area contributed by atoms with Crippen LogP contribution in [0.5, 0.6) is 0 Å². The summed E-state index contributed by atoms with van der Waals surface area (Å²) in [6, 6.07) is 0.00545. The number of aromatic nitrogens is 3. The molecule has 2 aliphatic rings. The van der Waals surface area contributed by atoms with Crippen molar-refractivity contribution in [1.82, 2.24) is 25.7 Å². The third-order valence-corrected chi connectivity index (χ3v) is 5.68. The lowest BCUT2D eigenvalue weighted by Crippen LogP contribution is -2.34. The Morgan fingerprint density at radius 2 is 2.19 bits per heavy atom. The van der Waals surface area contributed by atoms with Gasteiger partial charge in [-0.15, -0.1) is 18.3 Å². The van der Waals surface area contributed by atoms with E-state index in [1.165, 1.54) is 11.1 Å². The van der Waals surface area contributed by atoms with E-state index in [4.69, 9.17) is 0 Å². The van der Waals surface area contributed by atoms with Gasteiger partial charge >= 0.3 is 0 Å². The number of nitrogens with zero attached hydrogens (tertiary/aromatic N) is 4. The number of rotatable bonds is 12. The van der Waals surface area contributed by atoms with E-state index in [0.29, 0.717) is 18.7 Å². The predicted octanol–water partition coefficient (Wildman–Crippen LogP) is 2.21. The third-order valence-electron chi connectivity index (χ3n) is 5.68. The lowest BCUT2D eigenvalue weighted by atomic mass is 9.80. The molecule has 2 aliphatic heterocycles. The van der Waals surface area contributed by atoms with Crippen LogP contribution >= 0.6 is 0 Å². The molecule has 8 heteroatoms. The highest BCUT2D eigenvalue weighted by Gasteiger charge is 2.37. The zero-order valence-electron chi connectivity index (χ0n) is 18.7. The van der Waals surface area contributed by atoms with Crippen LogP contribution in [0.1, 0.15) is 38.3 Å². The van der Waals surface area contributed by atoms with Crippen molar-refractivity contribution in [3.63, 3.8) is 0 Å². The van der Waals surface area contributed by atoms with Crippen LogP contribution < -0.4 is 10.7 Å². The zero-order chi connectivity index (χ0) is 22.9. The molecule has 3 heterocycles. The SMILES string of the molecule is C=CC(O)C/C=C/C1C=C(CCCC)C(C2C(c3cn(CCO)nn3)=NNC2C=C)=CN1. The Labute approximate surface area is 189 Å². The van der Waals surface area contributed by atoms with Crippen LogP contribution in [0.2, 0.25) is 0 Å². The van der Waals surface area contributed by atoms with Crippen LogP contribution in [0.3, 0.4) is 0 Å². The van der Waals surface area contributed by atoms with Gasteiger partial charge in [-0.2, -0.15) is 5.10 Å². The van der Waals surface area contributed by atoms with Crippen molar-refractivity contribution in [1.29, 1.82) is 0 Å². The van der Waals surface area contributed by atoms with Crippen LogP contribution in [0.4, 0.5) is 0 Å². The summed E-state index contributed by atoms with van der Waals surface area (Å²) in [6.45, 7) is 10.2. The molecule has 32 heavy (non-hydrogen) atoms. The minimum atomic E-state index is -0.527. The fourth-order valence-electron chi connectivity index (χ4n) is 3.93. The van der Waals surface area contributed by atoms with E-state index in [1.807, 2.05) is 18.3 Å². The number of allylic oxidation sites excluding steroid dienone is 1. The highest BCUT2D eigenvalue weighted by atomic mass is 16.3. The van der Waals surface area contributed by atoms with E-state index in [9.17, 15) is 10.2 Å². The minimum Gasteiger partial charge on any atom is -0.394 e. The lowest BCUT2D eigenvalue weighted by molar-refractivity contribution is 0.227. The van der Waals surface area contributed by atoms with E-state index >= 15 is 0 Å². The van der Waals surface area contributed by atoms with E-state index in [0.717, 1.165) is 25.0 Å². The Bertz CT molecular complexity index is 913. The van der Waals surface area contributed by atoms with Gasteiger partial charge in [0, 0.05) is 6.20 Å². The van der Waals surface area contributed by atoms with Gasteiger partial charge in [0.15, 0.2) is 0 Å². The highest BCUT2D eigenvalue weighted by molar-refractivity contribution is 6.04. The normalized spacial score (nSPS) is 23.7. The second kappa shape index (κ2) is 11.6. The molecule has 0 amide bonds. The van der Waals surface area contributed by atoms with E-state index < -0.39 is 6.10 Å². The number of hydrogen-bond acceptors (Lipinski definition) is 7. The Balaban J connectivity index is 1.85. The molecule has 4 N–H and O–H groups in total. The molecule has 0 aliphatic carbocycles. The number of hydrazone groups is 1. The van der Waals surface area contributed by atoms with E-state index in [2.05, 4.69) is 64.6 Å². The highest BCUT2D eigenvalue weighted by Crippen LogP contribution is 2.34. The van der Waals surface area contributed by atoms with Gasteiger partial charge in [0.05, 0.1) is 49.2 Å². The van der Waals surface area contributed by atoms with Gasteiger partial charge in [-0.05, 0) is 30.4 Å². The maximum atomic E-state index is 9.70. The standard InChI is InChI=1S/C24H34N6O2/c1-4-7-9-17-14-18(10-8-11-19(32)5-2)25-15-20(17)23-21(6-3)26-28-24(23)22-16-30(12-13-31)29-27-22/h5-6,8,10,14-16,18-19,21,23,25-26,31-32H,2-4,7,9,11-13H2,1H3/b10-8+. The summed E-state index contributed by atoms with van der Waals surface area (Å²) < 4.78 is 1.62. The average Bonchev–Trinajstić information content (AvgIpc) is 3.44. The molecule has 0 spiro atoms. The van der Waals surface area contributed by atoms with E-state index in [1.54, 1.807) is 10.8 Å². The van der Waals surface area contributed by atoms with Crippen molar-refractivity contribution >= 4 is 5.71 Å². The molecule has 172 valence electrons. The van der Waals surface area contributed by atoms with Crippen molar-refractivity contribution in [3.8, 4) is 0 Å². The minimum absolute atomic E-state index is 0.00392. The van der Waals surface area contributed by atoms with Crippen molar-refractivity contribution in [2.24, 2.45) is 11.0 Å². The van der Waals surface area contributed by atoms with Gasteiger partial charge in [-0.25, -0.2) is 4.68 Å². The van der Waals surface area contributed by atoms with Crippen LogP contribution in [0, 0.1) is 5.92 Å². The molecule has 0 radical (unpaired) electrons. The summed E-state index contributed by atoms with van der Waals surface area (Å²) in [6.07, 6.45) is 16.8. The fourth-order valence-corrected chi connectivity index (χ4v) is 3.93. The smallest absolute Gasteiger partial charge is 0.129 e. The molecule has 0 saturated heterocycles. The van der Waals surface area contributed by atoms with Gasteiger partial charge in [0.1, 0.15) is 5.69 Å². The molecule has 0 bridgehead atoms. The Morgan fingerprint density at radius 3 is 2.91 bits per heavy atom. The van der Waals surface area contributed by atoms with Gasteiger partial charge in [0.25, 0.3) is 0 Å². The molecule has 4 atom stereocenters. The largest absolute Gasteiger partial charge is 0.394 e. The van der Waals surface area contributed by atoms with Crippen LogP contribution in [0.15, 0.2) is 72.2 Å². The number of unbranched alkanes of at least 4 members (excludes halogenated alkanes) is 1. The number of aliphatic hydroxyl groups excluding tert-OH is 2. The topological polar surface area (TPSA) is 108 Å². The summed E-state index contributed by atoms with van der Waals surface area (Å²) in [5.74, 6) is -0.0464. The van der Waals surface area contributed by atoms with Crippen LogP contribution in [0.25, 0.3) is 0 Å². The summed E-state index contributed by atoms with van der Waals surface area (Å²) in [4.78, 5) is 0. The predicted molar refractivity (Wildman–Crippen MR) is 127 cm³/mol. The summed E-state index contributed by atoms with van der Waals surface area (Å²) >= 11 is 0. The first kappa shape index (κ1) is 23.7. The average molecular weight is 439 g/mol.